The molecule has 72 valence electrons. The van der Waals surface area contributed by atoms with Crippen molar-refractivity contribution in [2.45, 2.75) is 0 Å². The summed E-state index contributed by atoms with van der Waals surface area (Å²) >= 11 is 0. The molecule has 0 aliphatic rings. The summed E-state index contributed by atoms with van der Waals surface area (Å²) in [4.78, 5) is 10.5. The largest absolute Gasteiger partial charge is 0.478 e. The van der Waals surface area contributed by atoms with Crippen LogP contribution in [-0.2, 0) is 0 Å². The first-order chi connectivity index (χ1) is 6.65. The lowest BCUT2D eigenvalue weighted by Gasteiger charge is -1.99. The Kier molecular flexibility index (Phi) is 3.10. The van der Waals surface area contributed by atoms with Gasteiger partial charge in [0.2, 0.25) is 0 Å². The van der Waals surface area contributed by atoms with Crippen molar-refractivity contribution in [1.82, 2.24) is 0 Å². The molecule has 0 saturated heterocycles. The molecule has 0 spiro atoms. The summed E-state index contributed by atoms with van der Waals surface area (Å²) in [5.41, 5.74) is 6.49. The van der Waals surface area contributed by atoms with E-state index >= 15 is 0 Å². The highest BCUT2D eigenvalue weighted by Gasteiger charge is 2.04. The highest BCUT2D eigenvalue weighted by molar-refractivity contribution is 5.89. The monoisotopic (exact) mass is 191 g/mol. The maximum atomic E-state index is 10.5. The molecule has 1 aromatic carbocycles. The van der Waals surface area contributed by atoms with Crippen molar-refractivity contribution in [3.8, 4) is 11.8 Å². The molecule has 4 nitrogen and oxygen atoms in total. The van der Waals surface area contributed by atoms with Crippen LogP contribution in [0, 0.1) is 11.8 Å². The molecule has 1 aromatic rings. The first kappa shape index (κ1) is 10.1. The Morgan fingerprint density at radius 3 is 2.71 bits per heavy atom. The number of nitrogen functional groups attached to an aromatic ring is 1. The van der Waals surface area contributed by atoms with Gasteiger partial charge in [-0.1, -0.05) is 11.8 Å². The molecule has 0 atom stereocenters. The van der Waals surface area contributed by atoms with Crippen LogP contribution in [0.2, 0.25) is 0 Å². The van der Waals surface area contributed by atoms with Crippen LogP contribution in [0.3, 0.4) is 0 Å². The van der Waals surface area contributed by atoms with Gasteiger partial charge in [0.05, 0.1) is 5.56 Å². The van der Waals surface area contributed by atoms with Gasteiger partial charge in [-0.2, -0.15) is 0 Å². The van der Waals surface area contributed by atoms with E-state index in [1.807, 2.05) is 0 Å². The van der Waals surface area contributed by atoms with E-state index in [2.05, 4.69) is 11.8 Å². The van der Waals surface area contributed by atoms with Gasteiger partial charge in [-0.3, -0.25) is 0 Å². The van der Waals surface area contributed by atoms with E-state index in [1.165, 1.54) is 18.2 Å². The molecule has 4 heteroatoms. The fourth-order valence-electron chi connectivity index (χ4n) is 0.944. The van der Waals surface area contributed by atoms with E-state index in [9.17, 15) is 4.79 Å². The van der Waals surface area contributed by atoms with Crippen molar-refractivity contribution < 1.29 is 15.0 Å². The summed E-state index contributed by atoms with van der Waals surface area (Å²) in [7, 11) is 0. The lowest BCUT2D eigenvalue weighted by atomic mass is 10.1. The zero-order valence-electron chi connectivity index (χ0n) is 7.32. The number of aliphatic hydroxyl groups is 1. The summed E-state index contributed by atoms with van der Waals surface area (Å²) in [5, 5.41) is 17.1. The normalized spacial score (nSPS) is 8.93. The zero-order valence-corrected chi connectivity index (χ0v) is 7.32. The van der Waals surface area contributed by atoms with E-state index in [0.29, 0.717) is 11.3 Å². The number of hydrogen-bond donors (Lipinski definition) is 3. The number of anilines is 1. The summed E-state index contributed by atoms with van der Waals surface area (Å²) in [6.45, 7) is -0.250. The quantitative estimate of drug-likeness (QED) is 0.440. The van der Waals surface area contributed by atoms with Crippen LogP contribution in [-0.4, -0.2) is 22.8 Å². The number of rotatable bonds is 1. The van der Waals surface area contributed by atoms with Crippen molar-refractivity contribution in [3.05, 3.63) is 29.3 Å². The third-order valence-corrected chi connectivity index (χ3v) is 1.60. The molecule has 0 aliphatic carbocycles. The molecule has 0 amide bonds. The topological polar surface area (TPSA) is 83.6 Å². The van der Waals surface area contributed by atoms with Crippen molar-refractivity contribution in [1.29, 1.82) is 0 Å². The van der Waals surface area contributed by atoms with Gasteiger partial charge in [0.15, 0.2) is 0 Å². The standard InChI is InChI=1S/C10H9NO3/c11-9-6-8(10(13)14)4-3-7(9)2-1-5-12/h3-4,6,12H,5,11H2,(H,13,14). The van der Waals surface area contributed by atoms with Gasteiger partial charge in [-0.15, -0.1) is 0 Å². The van der Waals surface area contributed by atoms with E-state index < -0.39 is 5.97 Å². The molecule has 0 bridgehead atoms. The summed E-state index contributed by atoms with van der Waals surface area (Å²) in [5.74, 6) is 4.01. The summed E-state index contributed by atoms with van der Waals surface area (Å²) < 4.78 is 0. The predicted octanol–water partition coefficient (Wildman–Crippen LogP) is 0.311. The highest BCUT2D eigenvalue weighted by atomic mass is 16.4. The number of carboxylic acid groups (broad SMARTS) is 1. The van der Waals surface area contributed by atoms with Crippen molar-refractivity contribution in [2.75, 3.05) is 12.3 Å². The second-order valence-electron chi connectivity index (χ2n) is 2.57. The first-order valence-electron chi connectivity index (χ1n) is 3.87. The number of hydrogen-bond acceptors (Lipinski definition) is 3. The van der Waals surface area contributed by atoms with Crippen LogP contribution in [0.5, 0.6) is 0 Å². The van der Waals surface area contributed by atoms with Crippen LogP contribution < -0.4 is 5.73 Å². The van der Waals surface area contributed by atoms with Crippen LogP contribution in [0.1, 0.15) is 15.9 Å². The fraction of sp³-hybridized carbons (Fsp3) is 0.100. The number of benzene rings is 1. The Morgan fingerprint density at radius 1 is 1.50 bits per heavy atom. The lowest BCUT2D eigenvalue weighted by molar-refractivity contribution is 0.0697. The van der Waals surface area contributed by atoms with Gasteiger partial charge >= 0.3 is 5.97 Å². The van der Waals surface area contributed by atoms with E-state index in [4.69, 9.17) is 15.9 Å². The van der Waals surface area contributed by atoms with Gasteiger partial charge in [-0.25, -0.2) is 4.79 Å². The van der Waals surface area contributed by atoms with E-state index in [-0.39, 0.29) is 12.2 Å². The van der Waals surface area contributed by atoms with Crippen LogP contribution in [0.25, 0.3) is 0 Å². The third-order valence-electron chi connectivity index (χ3n) is 1.60. The van der Waals surface area contributed by atoms with Crippen molar-refractivity contribution in [2.24, 2.45) is 0 Å². The second kappa shape index (κ2) is 4.30. The maximum absolute atomic E-state index is 10.5. The Morgan fingerprint density at radius 2 is 2.21 bits per heavy atom. The summed E-state index contributed by atoms with van der Waals surface area (Å²) in [6, 6.07) is 4.27. The minimum Gasteiger partial charge on any atom is -0.478 e. The zero-order chi connectivity index (χ0) is 10.6. The Bertz CT molecular complexity index is 415. The average Bonchev–Trinajstić information content (AvgIpc) is 2.15. The average molecular weight is 191 g/mol. The Balaban J connectivity index is 3.07. The predicted molar refractivity (Wildman–Crippen MR) is 51.8 cm³/mol. The molecule has 0 saturated carbocycles. The minimum atomic E-state index is -1.03. The number of carbonyl (C=O) groups is 1. The Hall–Kier alpha value is -1.99. The minimum absolute atomic E-state index is 0.122. The molecular formula is C10H9NO3. The molecular weight excluding hydrogens is 182 g/mol. The van der Waals surface area contributed by atoms with Gasteiger partial charge < -0.3 is 15.9 Å². The molecule has 4 N–H and O–H groups in total. The maximum Gasteiger partial charge on any atom is 0.335 e. The number of aliphatic hydroxyl groups excluding tert-OH is 1. The molecule has 14 heavy (non-hydrogen) atoms. The SMILES string of the molecule is Nc1cc(C(=O)O)ccc1C#CCO. The second-order valence-corrected chi connectivity index (χ2v) is 2.57. The smallest absolute Gasteiger partial charge is 0.335 e. The molecule has 0 fully saturated rings. The Labute approximate surface area is 81.0 Å². The van der Waals surface area contributed by atoms with Gasteiger partial charge in [0, 0.05) is 11.3 Å². The lowest BCUT2D eigenvalue weighted by Crippen LogP contribution is -1.99. The molecule has 0 aliphatic heterocycles. The highest BCUT2D eigenvalue weighted by Crippen LogP contribution is 2.12. The van der Waals surface area contributed by atoms with Crippen molar-refractivity contribution >= 4 is 11.7 Å². The van der Waals surface area contributed by atoms with E-state index in [1.54, 1.807) is 0 Å². The molecule has 0 unspecified atom stereocenters. The van der Waals surface area contributed by atoms with Crippen LogP contribution >= 0.6 is 0 Å². The molecule has 0 aromatic heterocycles. The fourth-order valence-corrected chi connectivity index (χ4v) is 0.944. The molecule has 1 rings (SSSR count). The van der Waals surface area contributed by atoms with Gasteiger partial charge in [0.1, 0.15) is 6.61 Å². The third kappa shape index (κ3) is 2.25. The van der Waals surface area contributed by atoms with Crippen molar-refractivity contribution in [3.63, 3.8) is 0 Å². The van der Waals surface area contributed by atoms with Crippen LogP contribution in [0.4, 0.5) is 5.69 Å². The van der Waals surface area contributed by atoms with E-state index in [0.717, 1.165) is 0 Å². The molecule has 0 heterocycles. The van der Waals surface area contributed by atoms with Gasteiger partial charge in [-0.05, 0) is 18.2 Å². The number of aromatic carboxylic acids is 1. The first-order valence-corrected chi connectivity index (χ1v) is 3.87. The van der Waals surface area contributed by atoms with Gasteiger partial charge in [0.25, 0.3) is 0 Å². The number of carboxylic acids is 1. The summed E-state index contributed by atoms with van der Waals surface area (Å²) in [6.07, 6.45) is 0. The van der Waals surface area contributed by atoms with Crippen LogP contribution in [0.15, 0.2) is 18.2 Å². The number of nitrogens with two attached hydrogens (primary N) is 1. The molecule has 0 radical (unpaired) electrons.